The summed E-state index contributed by atoms with van der Waals surface area (Å²) in [4.78, 5) is 53.9. The number of likely N-dealkylation sites (tertiary alicyclic amines) is 2. The number of fused-ring (bicyclic) bond motifs is 7. The summed E-state index contributed by atoms with van der Waals surface area (Å²) in [5.41, 5.74) is 20.9. The largest absolute Gasteiger partial charge is 0.347 e. The van der Waals surface area contributed by atoms with Gasteiger partial charge in [0.2, 0.25) is 0 Å². The predicted octanol–water partition coefficient (Wildman–Crippen LogP) is 17.7. The maximum absolute atomic E-state index is 4.49. The van der Waals surface area contributed by atoms with Gasteiger partial charge in [-0.05, 0) is 274 Å². The molecule has 0 radical (unpaired) electrons. The van der Waals surface area contributed by atoms with E-state index >= 15 is 0 Å². The van der Waals surface area contributed by atoms with E-state index in [1.54, 1.807) is 24.3 Å². The van der Waals surface area contributed by atoms with Gasteiger partial charge in [-0.3, -0.25) is 69.1 Å². The van der Waals surface area contributed by atoms with Crippen molar-refractivity contribution < 1.29 is 0 Å². The number of H-pyrrole nitrogens is 1. The summed E-state index contributed by atoms with van der Waals surface area (Å²) < 4.78 is 0. The topological polar surface area (TPSA) is 131 Å². The van der Waals surface area contributed by atoms with Crippen molar-refractivity contribution in [2.75, 3.05) is 78.5 Å². The van der Waals surface area contributed by atoms with Gasteiger partial charge in [-0.25, -0.2) is 4.98 Å². The van der Waals surface area contributed by atoms with Crippen LogP contribution >= 0.6 is 11.8 Å². The Hall–Kier alpha value is -5.08. The molecular weight excluding hydrogens is 1360 g/mol. The zero-order chi connectivity index (χ0) is 79.3. The molecular formula is C92H150N16S. The van der Waals surface area contributed by atoms with Crippen LogP contribution in [0.5, 0.6) is 0 Å². The van der Waals surface area contributed by atoms with E-state index in [1.807, 2.05) is 42.0 Å². The highest BCUT2D eigenvalue weighted by Crippen LogP contribution is 2.39. The minimum absolute atomic E-state index is 0.231. The summed E-state index contributed by atoms with van der Waals surface area (Å²) in [6.45, 7) is 74.1. The molecule has 4 aromatic heterocycles. The third-order valence-corrected chi connectivity index (χ3v) is 25.7. The molecule has 0 bridgehead atoms. The molecule has 16 rings (SSSR count). The lowest BCUT2D eigenvalue weighted by Gasteiger charge is -2.46. The third kappa shape index (κ3) is 26.2. The second kappa shape index (κ2) is 37.9. The van der Waals surface area contributed by atoms with Gasteiger partial charge in [0.1, 0.15) is 0 Å². The summed E-state index contributed by atoms with van der Waals surface area (Å²) in [6.07, 6.45) is 28.7. The van der Waals surface area contributed by atoms with Gasteiger partial charge in [-0.15, -0.1) is 11.8 Å². The van der Waals surface area contributed by atoms with Crippen molar-refractivity contribution in [2.45, 2.75) is 332 Å². The lowest BCUT2D eigenvalue weighted by atomic mass is 9.74. The lowest BCUT2D eigenvalue weighted by molar-refractivity contribution is 0.0287. The number of aromatic amines is 1. The first-order valence-electron chi connectivity index (χ1n) is 42.2. The molecule has 0 spiro atoms. The van der Waals surface area contributed by atoms with Crippen molar-refractivity contribution in [3.05, 3.63) is 147 Å². The van der Waals surface area contributed by atoms with Crippen molar-refractivity contribution in [1.29, 1.82) is 0 Å². The molecule has 11 aliphatic rings. The van der Waals surface area contributed by atoms with Crippen LogP contribution in [0.4, 0.5) is 0 Å². The van der Waals surface area contributed by atoms with E-state index in [9.17, 15) is 0 Å². The Morgan fingerprint density at radius 2 is 0.853 bits per heavy atom. The Labute approximate surface area is 667 Å². The second-order valence-corrected chi connectivity index (χ2v) is 41.7. The molecule has 1 aliphatic carbocycles. The van der Waals surface area contributed by atoms with Gasteiger partial charge in [0.25, 0.3) is 0 Å². The van der Waals surface area contributed by atoms with Gasteiger partial charge in [0.15, 0.2) is 0 Å². The summed E-state index contributed by atoms with van der Waals surface area (Å²) in [5.74, 6) is 2.10. The van der Waals surface area contributed by atoms with Crippen LogP contribution < -0.4 is 0 Å². The minimum atomic E-state index is 0.231. The first kappa shape index (κ1) is 87.9. The number of hydrogen-bond donors (Lipinski definition) is 1. The summed E-state index contributed by atoms with van der Waals surface area (Å²) in [7, 11) is 0. The fourth-order valence-corrected chi connectivity index (χ4v) is 17.8. The molecule has 5 aromatic rings. The molecule has 4 unspecified atom stereocenters. The van der Waals surface area contributed by atoms with Crippen LogP contribution in [-0.2, 0) is 64.8 Å². The lowest BCUT2D eigenvalue weighted by Crippen LogP contribution is -2.51. The van der Waals surface area contributed by atoms with E-state index < -0.39 is 0 Å². The number of piperidine rings is 2. The van der Waals surface area contributed by atoms with E-state index in [0.29, 0.717) is 28.2 Å². The van der Waals surface area contributed by atoms with Crippen LogP contribution in [0, 0.1) is 11.8 Å². The number of aliphatic imine (C=N–C) groups is 2. The molecule has 3 fully saturated rings. The van der Waals surface area contributed by atoms with E-state index in [2.05, 4.69) is 288 Å². The quantitative estimate of drug-likeness (QED) is 0.158. The SMILES string of the molecule is CC(C)(C)N1CCC2=C(C=NC2)C1.CC(C)(C)N1CCC2CCCCC2C1.CC(C)(C)N1CCC2N=CSC2C1.CC(C)(C)N1CCc2ccccc2C1.CC(C)(C)N1CCc2ccncc2C1.CC(C)(C)N1CCc2nc[nH]c2C1.CC(C)(C)N1CCc2ncccc2C1.CC(C)(C)N1CCc2nccnc2C1. The van der Waals surface area contributed by atoms with Crippen molar-refractivity contribution in [1.82, 2.24) is 69.1 Å². The first-order chi connectivity index (χ1) is 51.1. The second-order valence-electron chi connectivity index (χ2n) is 40.6. The molecule has 1 aromatic carbocycles. The molecule has 14 heterocycles. The number of rotatable bonds is 0. The Morgan fingerprint density at radius 1 is 0.376 bits per heavy atom. The number of benzene rings is 1. The maximum Gasteiger partial charge on any atom is 0.0925 e. The van der Waals surface area contributed by atoms with Crippen LogP contribution in [0.1, 0.15) is 267 Å². The Balaban J connectivity index is 0.000000144. The Morgan fingerprint density at radius 3 is 1.48 bits per heavy atom. The zero-order valence-corrected chi connectivity index (χ0v) is 73.9. The van der Waals surface area contributed by atoms with Crippen LogP contribution in [0.2, 0.25) is 0 Å². The summed E-state index contributed by atoms with van der Waals surface area (Å²) >= 11 is 1.91. The van der Waals surface area contributed by atoms with Crippen molar-refractivity contribution in [3.8, 4) is 0 Å². The molecule has 10 aliphatic heterocycles. The van der Waals surface area contributed by atoms with Crippen molar-refractivity contribution >= 4 is 23.5 Å². The molecule has 2 saturated heterocycles. The van der Waals surface area contributed by atoms with Crippen LogP contribution in [0.3, 0.4) is 0 Å². The standard InChI is InChI=1S/C13H25N.C13H19N.2C12H18N2.C11H17N3.C11H18N2.C10H17N3.C10H18N2S/c2*1-13(2,3)14-9-8-11-6-4-5-7-12(11)10-14;1-12(2,3)14-7-5-10-4-6-13-8-11(10)9-14;1-12(2,3)14-8-6-11-10(9-14)5-4-7-13-11;1-11(2,3)14-7-4-9-10(8-14)13-6-5-12-9;1-11(2,3)13-5-4-9-6-12-7-10(9)8-13;1-10(2,3)13-5-4-8-9(6-13)12-7-11-8;1-10(2,3)12-5-4-8-9(6-12)13-7-11-8/h11-12H,4-10H2,1-3H3;4-7H,8-10H2,1-3H3;4,6,8H,5,7,9H2,1-3H3;4-5,7H,6,8-9H2,1-3H3;5-6H,4,7-8H2,1-3H3;7H,4-6,8H2,1-3H3;7H,4-6H2,1-3H3,(H,11,12);7-9H,4-6H2,1-3H3. The normalized spacial score (nSPS) is 23.0. The molecule has 16 nitrogen and oxygen atoms in total. The summed E-state index contributed by atoms with van der Waals surface area (Å²) in [6, 6.07) is 15.8. The Bertz CT molecular complexity index is 3450. The summed E-state index contributed by atoms with van der Waals surface area (Å²) in [5, 5.41) is 0.730. The molecule has 0 amide bonds. The van der Waals surface area contributed by atoms with Crippen molar-refractivity contribution in [3.63, 3.8) is 0 Å². The number of aromatic nitrogens is 6. The smallest absolute Gasteiger partial charge is 0.0925 e. The number of nitrogens with zero attached hydrogens (tertiary/aromatic N) is 15. The van der Waals surface area contributed by atoms with E-state index in [-0.39, 0.29) is 22.2 Å². The van der Waals surface area contributed by atoms with Crippen LogP contribution in [0.25, 0.3) is 0 Å². The van der Waals surface area contributed by atoms with Gasteiger partial charge in [-0.2, -0.15) is 0 Å². The Kier molecular flexibility index (Phi) is 30.6. The average Bonchev–Trinajstić information content (AvgIpc) is 1.59. The highest BCUT2D eigenvalue weighted by molar-refractivity contribution is 8.13. The third-order valence-electron chi connectivity index (χ3n) is 24.6. The molecule has 17 heteroatoms. The van der Waals surface area contributed by atoms with Gasteiger partial charge >= 0.3 is 0 Å². The molecule has 109 heavy (non-hydrogen) atoms. The fraction of sp³-hybridized carbons (Fsp3) is 0.707. The van der Waals surface area contributed by atoms with E-state index in [4.69, 9.17) is 0 Å². The predicted molar refractivity (Wildman–Crippen MR) is 462 cm³/mol. The molecule has 604 valence electrons. The first-order valence-corrected chi connectivity index (χ1v) is 43.1. The zero-order valence-electron chi connectivity index (χ0n) is 73.1. The van der Waals surface area contributed by atoms with Gasteiger partial charge in [0, 0.05) is 210 Å². The van der Waals surface area contributed by atoms with E-state index in [1.165, 1.54) is 153 Å². The van der Waals surface area contributed by atoms with Crippen LogP contribution in [0.15, 0.2) is 101 Å². The number of imidazole rings is 1. The van der Waals surface area contributed by atoms with Gasteiger partial charge in [0.05, 0.1) is 47.2 Å². The fourth-order valence-electron chi connectivity index (χ4n) is 16.8. The van der Waals surface area contributed by atoms with Gasteiger partial charge in [-0.1, -0.05) is 49.6 Å². The van der Waals surface area contributed by atoms with Gasteiger partial charge < -0.3 is 4.98 Å². The maximum atomic E-state index is 4.49. The highest BCUT2D eigenvalue weighted by atomic mass is 32.2. The molecule has 4 atom stereocenters. The van der Waals surface area contributed by atoms with Crippen LogP contribution in [-0.4, -0.2) is 215 Å². The average molecular weight is 1510 g/mol. The molecule has 1 saturated carbocycles. The monoisotopic (exact) mass is 1510 g/mol. The minimum Gasteiger partial charge on any atom is -0.347 e. The molecule has 1 N–H and O–H groups in total. The van der Waals surface area contributed by atoms with E-state index in [0.717, 1.165) is 114 Å². The number of nitrogens with one attached hydrogen (secondary N) is 1. The van der Waals surface area contributed by atoms with Crippen molar-refractivity contribution in [2.24, 2.45) is 21.8 Å². The number of hydrogen-bond acceptors (Lipinski definition) is 16. The number of pyridine rings is 2. The highest BCUT2D eigenvalue weighted by Gasteiger charge is 2.38. The number of thioether (sulfide) groups is 1.